The highest BCUT2D eigenvalue weighted by Crippen LogP contribution is 2.07. The molecule has 0 aliphatic carbocycles. The lowest BCUT2D eigenvalue weighted by atomic mass is 10.1. The molecule has 1 rings (SSSR count). The van der Waals surface area contributed by atoms with E-state index in [0.29, 0.717) is 0 Å². The minimum Gasteiger partial charge on any atom is -0.314 e. The first-order valence-electron chi connectivity index (χ1n) is 5.15. The summed E-state index contributed by atoms with van der Waals surface area (Å²) in [4.78, 5) is 2.59. The molecular weight excluding hydrogens is 148 g/mol. The van der Waals surface area contributed by atoms with E-state index in [0.717, 1.165) is 18.5 Å². The maximum atomic E-state index is 3.41. The van der Waals surface area contributed by atoms with Crippen LogP contribution < -0.4 is 5.32 Å². The van der Waals surface area contributed by atoms with Gasteiger partial charge in [-0.1, -0.05) is 13.8 Å². The Morgan fingerprint density at radius 1 is 1.50 bits per heavy atom. The summed E-state index contributed by atoms with van der Waals surface area (Å²) in [5.74, 6) is 0.840. The zero-order valence-corrected chi connectivity index (χ0v) is 8.64. The molecule has 1 fully saturated rings. The van der Waals surface area contributed by atoms with E-state index in [9.17, 15) is 0 Å². The van der Waals surface area contributed by atoms with Crippen LogP contribution in [0.25, 0.3) is 0 Å². The van der Waals surface area contributed by atoms with Crippen LogP contribution in [0, 0.1) is 5.92 Å². The molecule has 0 spiro atoms. The summed E-state index contributed by atoms with van der Waals surface area (Å²) < 4.78 is 0. The minimum atomic E-state index is 0.734. The van der Waals surface area contributed by atoms with Crippen molar-refractivity contribution in [3.05, 3.63) is 0 Å². The highest BCUT2D eigenvalue weighted by molar-refractivity contribution is 4.75. The summed E-state index contributed by atoms with van der Waals surface area (Å²) in [6, 6.07) is 0.734. The molecule has 2 heteroatoms. The normalized spacial score (nSPS) is 26.5. The Hall–Kier alpha value is -0.0800. The number of piperazine rings is 1. The second-order valence-corrected chi connectivity index (χ2v) is 4.27. The van der Waals surface area contributed by atoms with Crippen LogP contribution in [0.5, 0.6) is 0 Å². The van der Waals surface area contributed by atoms with Crippen LogP contribution in [0.3, 0.4) is 0 Å². The minimum absolute atomic E-state index is 0.734. The van der Waals surface area contributed by atoms with Crippen LogP contribution in [0.15, 0.2) is 0 Å². The number of hydrogen-bond acceptors (Lipinski definition) is 2. The van der Waals surface area contributed by atoms with Crippen molar-refractivity contribution in [2.75, 3.05) is 26.2 Å². The molecule has 0 aromatic rings. The first kappa shape index (κ1) is 10.0. The van der Waals surface area contributed by atoms with E-state index in [4.69, 9.17) is 0 Å². The van der Waals surface area contributed by atoms with Gasteiger partial charge in [-0.25, -0.2) is 0 Å². The molecule has 1 aliphatic heterocycles. The summed E-state index contributed by atoms with van der Waals surface area (Å²) in [5.41, 5.74) is 0. The second kappa shape index (κ2) is 4.83. The fourth-order valence-corrected chi connectivity index (χ4v) is 1.64. The third-order valence-corrected chi connectivity index (χ3v) is 2.63. The number of nitrogens with zero attached hydrogens (tertiary/aromatic N) is 1. The Labute approximate surface area is 76.3 Å². The SMILES string of the molecule is CC(C)CCN1CCNCC1C. The van der Waals surface area contributed by atoms with Gasteiger partial charge >= 0.3 is 0 Å². The van der Waals surface area contributed by atoms with Gasteiger partial charge in [0.15, 0.2) is 0 Å². The predicted molar refractivity (Wildman–Crippen MR) is 53.4 cm³/mol. The van der Waals surface area contributed by atoms with Crippen LogP contribution >= 0.6 is 0 Å². The van der Waals surface area contributed by atoms with Crippen molar-refractivity contribution in [1.82, 2.24) is 10.2 Å². The highest BCUT2D eigenvalue weighted by atomic mass is 15.2. The van der Waals surface area contributed by atoms with Gasteiger partial charge in [0.2, 0.25) is 0 Å². The van der Waals surface area contributed by atoms with Crippen LogP contribution in [-0.4, -0.2) is 37.1 Å². The summed E-state index contributed by atoms with van der Waals surface area (Å²) >= 11 is 0. The first-order valence-corrected chi connectivity index (χ1v) is 5.15. The molecule has 1 heterocycles. The first-order chi connectivity index (χ1) is 5.70. The largest absolute Gasteiger partial charge is 0.314 e. The van der Waals surface area contributed by atoms with Gasteiger partial charge in [0.05, 0.1) is 0 Å². The summed E-state index contributed by atoms with van der Waals surface area (Å²) in [7, 11) is 0. The molecule has 12 heavy (non-hydrogen) atoms. The second-order valence-electron chi connectivity index (χ2n) is 4.27. The highest BCUT2D eigenvalue weighted by Gasteiger charge is 2.16. The Morgan fingerprint density at radius 3 is 2.83 bits per heavy atom. The molecule has 0 radical (unpaired) electrons. The zero-order chi connectivity index (χ0) is 8.97. The molecule has 1 unspecified atom stereocenters. The van der Waals surface area contributed by atoms with Gasteiger partial charge in [-0.2, -0.15) is 0 Å². The van der Waals surface area contributed by atoms with Gasteiger partial charge in [-0.15, -0.1) is 0 Å². The average Bonchev–Trinajstić information content (AvgIpc) is 2.03. The van der Waals surface area contributed by atoms with E-state index in [2.05, 4.69) is 31.0 Å². The molecule has 1 N–H and O–H groups in total. The van der Waals surface area contributed by atoms with Crippen molar-refractivity contribution in [2.24, 2.45) is 5.92 Å². The Bertz CT molecular complexity index is 123. The fourth-order valence-electron chi connectivity index (χ4n) is 1.64. The predicted octanol–water partition coefficient (Wildman–Crippen LogP) is 1.33. The number of hydrogen-bond donors (Lipinski definition) is 1. The molecule has 0 saturated carbocycles. The van der Waals surface area contributed by atoms with E-state index in [1.807, 2.05) is 0 Å². The third-order valence-electron chi connectivity index (χ3n) is 2.63. The maximum Gasteiger partial charge on any atom is 0.0192 e. The lowest BCUT2D eigenvalue weighted by Gasteiger charge is -2.34. The fraction of sp³-hybridized carbons (Fsp3) is 1.00. The van der Waals surface area contributed by atoms with Crippen molar-refractivity contribution >= 4 is 0 Å². The van der Waals surface area contributed by atoms with Crippen molar-refractivity contribution in [3.63, 3.8) is 0 Å². The molecule has 1 atom stereocenters. The molecule has 1 aliphatic rings. The molecular formula is C10H22N2. The number of nitrogens with one attached hydrogen (secondary N) is 1. The lowest BCUT2D eigenvalue weighted by molar-refractivity contribution is 0.165. The van der Waals surface area contributed by atoms with E-state index in [-0.39, 0.29) is 0 Å². The van der Waals surface area contributed by atoms with Gasteiger partial charge in [-0.3, -0.25) is 4.90 Å². The van der Waals surface area contributed by atoms with Crippen molar-refractivity contribution in [3.8, 4) is 0 Å². The van der Waals surface area contributed by atoms with Crippen LogP contribution in [0.4, 0.5) is 0 Å². The van der Waals surface area contributed by atoms with Gasteiger partial charge in [0.1, 0.15) is 0 Å². The molecule has 72 valence electrons. The standard InChI is InChI=1S/C10H22N2/c1-9(2)4-6-12-7-5-11-8-10(12)3/h9-11H,4-8H2,1-3H3. The van der Waals surface area contributed by atoms with Crippen molar-refractivity contribution in [2.45, 2.75) is 33.2 Å². The maximum absolute atomic E-state index is 3.41. The summed E-state index contributed by atoms with van der Waals surface area (Å²) in [5, 5.41) is 3.41. The summed E-state index contributed by atoms with van der Waals surface area (Å²) in [6.45, 7) is 11.8. The monoisotopic (exact) mass is 170 g/mol. The Kier molecular flexibility index (Phi) is 4.02. The molecule has 0 bridgehead atoms. The Morgan fingerprint density at radius 2 is 2.25 bits per heavy atom. The van der Waals surface area contributed by atoms with E-state index in [1.165, 1.54) is 26.1 Å². The molecule has 0 aromatic carbocycles. The average molecular weight is 170 g/mol. The van der Waals surface area contributed by atoms with Gasteiger partial charge < -0.3 is 5.32 Å². The summed E-state index contributed by atoms with van der Waals surface area (Å²) in [6.07, 6.45) is 1.34. The topological polar surface area (TPSA) is 15.3 Å². The van der Waals surface area contributed by atoms with E-state index < -0.39 is 0 Å². The lowest BCUT2D eigenvalue weighted by Crippen LogP contribution is -2.50. The Balaban J connectivity index is 2.20. The van der Waals surface area contributed by atoms with Crippen LogP contribution in [-0.2, 0) is 0 Å². The van der Waals surface area contributed by atoms with Crippen LogP contribution in [0.1, 0.15) is 27.2 Å². The van der Waals surface area contributed by atoms with Gasteiger partial charge in [0, 0.05) is 25.7 Å². The smallest absolute Gasteiger partial charge is 0.0192 e. The van der Waals surface area contributed by atoms with Gasteiger partial charge in [0.25, 0.3) is 0 Å². The van der Waals surface area contributed by atoms with E-state index in [1.54, 1.807) is 0 Å². The molecule has 2 nitrogen and oxygen atoms in total. The number of rotatable bonds is 3. The molecule has 0 aromatic heterocycles. The molecule has 1 saturated heterocycles. The zero-order valence-electron chi connectivity index (χ0n) is 8.64. The van der Waals surface area contributed by atoms with Crippen LogP contribution in [0.2, 0.25) is 0 Å². The third kappa shape index (κ3) is 3.11. The molecule has 0 amide bonds. The van der Waals surface area contributed by atoms with Gasteiger partial charge in [-0.05, 0) is 25.8 Å². The van der Waals surface area contributed by atoms with Crippen molar-refractivity contribution < 1.29 is 0 Å². The van der Waals surface area contributed by atoms with E-state index >= 15 is 0 Å². The quantitative estimate of drug-likeness (QED) is 0.687. The van der Waals surface area contributed by atoms with Crippen molar-refractivity contribution in [1.29, 1.82) is 0 Å².